The molecule has 0 radical (unpaired) electrons. The molecular weight excluding hydrogens is 364 g/mol. The number of aryl methyl sites for hydroxylation is 3. The van der Waals surface area contributed by atoms with E-state index < -0.39 is 0 Å². The Kier molecular flexibility index (Phi) is 5.60. The molecule has 1 aromatic heterocycles. The molecule has 1 amide bonds. The van der Waals surface area contributed by atoms with E-state index in [0.29, 0.717) is 5.75 Å². The summed E-state index contributed by atoms with van der Waals surface area (Å²) < 4.78 is 7.83. The van der Waals surface area contributed by atoms with Crippen LogP contribution in [0.2, 0.25) is 0 Å². The van der Waals surface area contributed by atoms with Crippen LogP contribution >= 0.6 is 0 Å². The number of rotatable bonds is 5. The molecular formula is C23H26N4O2. The molecule has 4 rings (SSSR count). The molecule has 0 aliphatic carbocycles. The second-order valence-corrected chi connectivity index (χ2v) is 7.59. The highest BCUT2D eigenvalue weighted by atomic mass is 16.5. The van der Waals surface area contributed by atoms with E-state index in [-0.39, 0.29) is 12.5 Å². The van der Waals surface area contributed by atoms with E-state index in [1.165, 1.54) is 6.42 Å². The number of benzene rings is 2. The first-order valence-corrected chi connectivity index (χ1v) is 10.1. The second kappa shape index (κ2) is 8.47. The Balaban J connectivity index is 1.49. The van der Waals surface area contributed by atoms with Crippen LogP contribution in [0.15, 0.2) is 42.5 Å². The highest BCUT2D eigenvalue weighted by Gasteiger charge is 2.17. The van der Waals surface area contributed by atoms with E-state index in [9.17, 15) is 4.79 Å². The smallest absolute Gasteiger partial charge is 0.262 e. The van der Waals surface area contributed by atoms with Crippen molar-refractivity contribution >= 4 is 11.6 Å². The van der Waals surface area contributed by atoms with Gasteiger partial charge in [0.25, 0.3) is 5.91 Å². The van der Waals surface area contributed by atoms with Crippen molar-refractivity contribution in [3.05, 3.63) is 59.4 Å². The van der Waals surface area contributed by atoms with Crippen LogP contribution in [-0.4, -0.2) is 27.3 Å². The molecule has 3 aromatic rings. The molecule has 0 spiro atoms. The van der Waals surface area contributed by atoms with Crippen LogP contribution in [-0.2, 0) is 17.8 Å². The number of aromatic nitrogens is 3. The molecule has 0 fully saturated rings. The first kappa shape index (κ1) is 19.2. The van der Waals surface area contributed by atoms with Gasteiger partial charge >= 0.3 is 0 Å². The Morgan fingerprint density at radius 1 is 1.10 bits per heavy atom. The summed E-state index contributed by atoms with van der Waals surface area (Å²) in [6.45, 7) is 4.88. The summed E-state index contributed by atoms with van der Waals surface area (Å²) in [6.07, 6.45) is 4.50. The molecule has 0 atom stereocenters. The van der Waals surface area contributed by atoms with Gasteiger partial charge in [-0.25, -0.2) is 0 Å². The summed E-state index contributed by atoms with van der Waals surface area (Å²) in [5.74, 6) is 2.42. The predicted octanol–water partition coefficient (Wildman–Crippen LogP) is 4.31. The zero-order chi connectivity index (χ0) is 20.2. The van der Waals surface area contributed by atoms with Crippen molar-refractivity contribution in [1.29, 1.82) is 0 Å². The van der Waals surface area contributed by atoms with Gasteiger partial charge in [-0.05, 0) is 56.0 Å². The van der Waals surface area contributed by atoms with Gasteiger partial charge in [0.2, 0.25) is 0 Å². The van der Waals surface area contributed by atoms with Crippen LogP contribution in [0.3, 0.4) is 0 Å². The fourth-order valence-corrected chi connectivity index (χ4v) is 3.63. The van der Waals surface area contributed by atoms with Crippen molar-refractivity contribution in [3.63, 3.8) is 0 Å². The first-order valence-electron chi connectivity index (χ1n) is 10.1. The molecule has 6 heteroatoms. The maximum absolute atomic E-state index is 12.4. The molecule has 0 unspecified atom stereocenters. The van der Waals surface area contributed by atoms with Gasteiger partial charge in [0.15, 0.2) is 12.4 Å². The monoisotopic (exact) mass is 390 g/mol. The molecule has 2 heterocycles. The zero-order valence-corrected chi connectivity index (χ0v) is 16.9. The van der Waals surface area contributed by atoms with Crippen molar-refractivity contribution in [2.24, 2.45) is 0 Å². The number of anilines is 1. The minimum atomic E-state index is -0.188. The van der Waals surface area contributed by atoms with E-state index in [1.807, 2.05) is 56.3 Å². The predicted molar refractivity (Wildman–Crippen MR) is 113 cm³/mol. The molecule has 1 aliphatic heterocycles. The van der Waals surface area contributed by atoms with Crippen LogP contribution in [0.4, 0.5) is 5.69 Å². The largest absolute Gasteiger partial charge is 0.484 e. The van der Waals surface area contributed by atoms with E-state index >= 15 is 0 Å². The maximum Gasteiger partial charge on any atom is 0.262 e. The zero-order valence-electron chi connectivity index (χ0n) is 16.9. The standard InChI is InChI=1S/C23H26N4O2/c1-16-7-6-8-19(13-16)29-15-22(28)24-20-14-18(11-10-17(20)2)23-26-25-21-9-4-3-5-12-27(21)23/h6-8,10-11,13-14H,3-5,9,12,15H2,1-2H3,(H,24,28). The lowest BCUT2D eigenvalue weighted by Crippen LogP contribution is -2.20. The summed E-state index contributed by atoms with van der Waals surface area (Å²) in [6, 6.07) is 13.7. The number of ether oxygens (including phenoxy) is 1. The van der Waals surface area contributed by atoms with Gasteiger partial charge in [-0.15, -0.1) is 10.2 Å². The van der Waals surface area contributed by atoms with Crippen molar-refractivity contribution in [2.75, 3.05) is 11.9 Å². The van der Waals surface area contributed by atoms with E-state index in [4.69, 9.17) is 4.74 Å². The van der Waals surface area contributed by atoms with E-state index in [0.717, 1.165) is 59.8 Å². The number of nitrogens with one attached hydrogen (secondary N) is 1. The van der Waals surface area contributed by atoms with E-state index in [1.54, 1.807) is 0 Å². The summed E-state index contributed by atoms with van der Waals surface area (Å²) in [5.41, 5.74) is 3.82. The fourth-order valence-electron chi connectivity index (χ4n) is 3.63. The average Bonchev–Trinajstić information content (AvgIpc) is 2.96. The number of amides is 1. The number of fused-ring (bicyclic) bond motifs is 1. The maximum atomic E-state index is 12.4. The van der Waals surface area contributed by atoms with Gasteiger partial charge in [-0.2, -0.15) is 0 Å². The number of carbonyl (C=O) groups excluding carboxylic acids is 1. The lowest BCUT2D eigenvalue weighted by Gasteiger charge is -2.12. The number of hydrogen-bond donors (Lipinski definition) is 1. The topological polar surface area (TPSA) is 69.0 Å². The van der Waals surface area contributed by atoms with Crippen LogP contribution < -0.4 is 10.1 Å². The number of nitrogens with zero attached hydrogens (tertiary/aromatic N) is 3. The summed E-state index contributed by atoms with van der Waals surface area (Å²) in [4.78, 5) is 12.4. The molecule has 1 aliphatic rings. The quantitative estimate of drug-likeness (QED) is 0.705. The van der Waals surface area contributed by atoms with Crippen LogP contribution in [0.1, 0.15) is 36.2 Å². The second-order valence-electron chi connectivity index (χ2n) is 7.59. The minimum absolute atomic E-state index is 0.0343. The summed E-state index contributed by atoms with van der Waals surface area (Å²) >= 11 is 0. The van der Waals surface area contributed by atoms with Crippen LogP contribution in [0.5, 0.6) is 5.75 Å². The van der Waals surface area contributed by atoms with Gasteiger partial charge < -0.3 is 14.6 Å². The third kappa shape index (κ3) is 4.47. The Morgan fingerprint density at radius 2 is 2.00 bits per heavy atom. The molecule has 150 valence electrons. The number of carbonyl (C=O) groups is 1. The lowest BCUT2D eigenvalue weighted by molar-refractivity contribution is -0.118. The minimum Gasteiger partial charge on any atom is -0.484 e. The Morgan fingerprint density at radius 3 is 2.86 bits per heavy atom. The van der Waals surface area contributed by atoms with Crippen molar-refractivity contribution < 1.29 is 9.53 Å². The SMILES string of the molecule is Cc1cccc(OCC(=O)Nc2cc(-c3nnc4n3CCCCC4)ccc2C)c1. The average molecular weight is 390 g/mol. The van der Waals surface area contributed by atoms with Gasteiger partial charge in [-0.3, -0.25) is 4.79 Å². The molecule has 0 saturated carbocycles. The van der Waals surface area contributed by atoms with E-state index in [2.05, 4.69) is 20.1 Å². The van der Waals surface area contributed by atoms with Gasteiger partial charge in [0, 0.05) is 24.2 Å². The molecule has 2 aromatic carbocycles. The van der Waals surface area contributed by atoms with Crippen LogP contribution in [0.25, 0.3) is 11.4 Å². The molecule has 29 heavy (non-hydrogen) atoms. The van der Waals surface area contributed by atoms with Gasteiger partial charge in [-0.1, -0.05) is 30.7 Å². The Bertz CT molecular complexity index is 1030. The molecule has 0 bridgehead atoms. The number of hydrogen-bond acceptors (Lipinski definition) is 4. The summed E-state index contributed by atoms with van der Waals surface area (Å²) in [7, 11) is 0. The fraction of sp³-hybridized carbons (Fsp3) is 0.348. The molecule has 0 saturated heterocycles. The van der Waals surface area contributed by atoms with Gasteiger partial charge in [0.05, 0.1) is 0 Å². The lowest BCUT2D eigenvalue weighted by atomic mass is 10.1. The third-order valence-electron chi connectivity index (χ3n) is 5.24. The Hall–Kier alpha value is -3.15. The highest BCUT2D eigenvalue weighted by Crippen LogP contribution is 2.27. The highest BCUT2D eigenvalue weighted by molar-refractivity contribution is 5.93. The normalized spacial score (nSPS) is 13.4. The summed E-state index contributed by atoms with van der Waals surface area (Å²) in [5, 5.41) is 11.8. The Labute approximate surface area is 170 Å². The first-order chi connectivity index (χ1) is 14.1. The van der Waals surface area contributed by atoms with Crippen molar-refractivity contribution in [3.8, 4) is 17.1 Å². The van der Waals surface area contributed by atoms with Crippen LogP contribution in [0, 0.1) is 13.8 Å². The molecule has 6 nitrogen and oxygen atoms in total. The van der Waals surface area contributed by atoms with Crippen molar-refractivity contribution in [2.45, 2.75) is 46.1 Å². The van der Waals surface area contributed by atoms with Crippen molar-refractivity contribution in [1.82, 2.24) is 14.8 Å². The van der Waals surface area contributed by atoms with Gasteiger partial charge in [0.1, 0.15) is 11.6 Å². The third-order valence-corrected chi connectivity index (χ3v) is 5.24. The molecule has 1 N–H and O–H groups in total.